The Bertz CT molecular complexity index is 726. The number of hydrogen-bond acceptors (Lipinski definition) is 6. The van der Waals surface area contributed by atoms with E-state index in [1.165, 1.54) is 12.1 Å². The van der Waals surface area contributed by atoms with Crippen molar-refractivity contribution in [1.29, 1.82) is 5.26 Å². The molecule has 2 rings (SSSR count). The molecule has 0 aliphatic rings. The first kappa shape index (κ1) is 13.8. The average molecular weight is 334 g/mol. The maximum Gasteiger partial charge on any atom is 0.276 e. The highest BCUT2D eigenvalue weighted by Gasteiger charge is 2.11. The number of hydrogen-bond donors (Lipinski definition) is 2. The van der Waals surface area contributed by atoms with Crippen LogP contribution in [0.2, 0.25) is 0 Å². The number of nitrogen functional groups attached to an aromatic ring is 1. The second kappa shape index (κ2) is 5.54. The van der Waals surface area contributed by atoms with Crippen molar-refractivity contribution >= 4 is 38.9 Å². The van der Waals surface area contributed by atoms with Gasteiger partial charge in [0, 0.05) is 4.47 Å². The van der Waals surface area contributed by atoms with Crippen molar-refractivity contribution in [3.05, 3.63) is 50.5 Å². The SMILES string of the molecule is N#Cc1ccc(Nc2cc([N+](=O)[O-])cc(N)n2)c(Br)c1. The molecule has 0 radical (unpaired) electrons. The molecule has 0 saturated carbocycles. The lowest BCUT2D eigenvalue weighted by Crippen LogP contribution is -2.00. The van der Waals surface area contributed by atoms with Crippen molar-refractivity contribution in [3.8, 4) is 6.07 Å². The number of nitriles is 1. The highest BCUT2D eigenvalue weighted by Crippen LogP contribution is 2.28. The summed E-state index contributed by atoms with van der Waals surface area (Å²) in [5, 5.41) is 22.4. The van der Waals surface area contributed by atoms with Gasteiger partial charge in [-0.05, 0) is 34.1 Å². The molecule has 0 amide bonds. The maximum absolute atomic E-state index is 10.8. The number of pyridine rings is 1. The molecule has 0 unspecified atom stereocenters. The van der Waals surface area contributed by atoms with E-state index in [1.54, 1.807) is 18.2 Å². The van der Waals surface area contributed by atoms with Crippen molar-refractivity contribution in [3.63, 3.8) is 0 Å². The second-order valence-electron chi connectivity index (χ2n) is 3.82. The summed E-state index contributed by atoms with van der Waals surface area (Å²) in [6.07, 6.45) is 0. The number of anilines is 3. The van der Waals surface area contributed by atoms with Crippen LogP contribution in [0.15, 0.2) is 34.8 Å². The van der Waals surface area contributed by atoms with Crippen molar-refractivity contribution in [2.24, 2.45) is 0 Å². The van der Waals surface area contributed by atoms with Crippen molar-refractivity contribution < 1.29 is 4.92 Å². The molecule has 1 heterocycles. The van der Waals surface area contributed by atoms with Crippen LogP contribution in [0.1, 0.15) is 5.56 Å². The molecular weight excluding hydrogens is 326 g/mol. The van der Waals surface area contributed by atoms with Crippen LogP contribution in [0.25, 0.3) is 0 Å². The predicted octanol–water partition coefficient (Wildman–Crippen LogP) is 2.95. The molecular formula is C12H8BrN5O2. The van der Waals surface area contributed by atoms with E-state index in [2.05, 4.69) is 26.2 Å². The van der Waals surface area contributed by atoms with E-state index in [0.717, 1.165) is 0 Å². The standard InChI is InChI=1S/C12H8BrN5O2/c13-9-3-7(6-14)1-2-10(9)16-12-5-8(18(19)20)4-11(15)17-12/h1-5H,(H3,15,16,17). The molecule has 2 aromatic rings. The van der Waals surface area contributed by atoms with E-state index >= 15 is 0 Å². The summed E-state index contributed by atoms with van der Waals surface area (Å²) >= 11 is 3.30. The first-order valence-corrected chi connectivity index (χ1v) is 6.17. The van der Waals surface area contributed by atoms with Gasteiger partial charge in [0.2, 0.25) is 0 Å². The van der Waals surface area contributed by atoms with Crippen LogP contribution in [0, 0.1) is 21.4 Å². The van der Waals surface area contributed by atoms with Crippen molar-refractivity contribution in [2.45, 2.75) is 0 Å². The summed E-state index contributed by atoms with van der Waals surface area (Å²) in [6, 6.07) is 9.38. The topological polar surface area (TPSA) is 118 Å². The Morgan fingerprint density at radius 2 is 2.15 bits per heavy atom. The van der Waals surface area contributed by atoms with Crippen LogP contribution >= 0.6 is 15.9 Å². The van der Waals surface area contributed by atoms with E-state index in [4.69, 9.17) is 11.0 Å². The smallest absolute Gasteiger partial charge is 0.276 e. The Labute approximate surface area is 122 Å². The van der Waals surface area contributed by atoms with Crippen LogP contribution in [0.3, 0.4) is 0 Å². The van der Waals surface area contributed by atoms with E-state index in [1.807, 2.05) is 6.07 Å². The zero-order valence-electron chi connectivity index (χ0n) is 10.0. The molecule has 1 aromatic carbocycles. The second-order valence-corrected chi connectivity index (χ2v) is 4.68. The van der Waals surface area contributed by atoms with Gasteiger partial charge in [-0.3, -0.25) is 10.1 Å². The molecule has 1 aromatic heterocycles. The number of benzene rings is 1. The molecule has 8 heteroatoms. The molecule has 0 bridgehead atoms. The lowest BCUT2D eigenvalue weighted by Gasteiger charge is -2.08. The summed E-state index contributed by atoms with van der Waals surface area (Å²) in [5.41, 5.74) is 6.49. The minimum Gasteiger partial charge on any atom is -0.383 e. The first-order chi connectivity index (χ1) is 9.49. The third-order valence-electron chi connectivity index (χ3n) is 2.40. The summed E-state index contributed by atoms with van der Waals surface area (Å²) in [4.78, 5) is 14.2. The Balaban J connectivity index is 2.35. The van der Waals surface area contributed by atoms with Crippen LogP contribution in [0.4, 0.5) is 23.0 Å². The predicted molar refractivity (Wildman–Crippen MR) is 77.4 cm³/mol. The third-order valence-corrected chi connectivity index (χ3v) is 3.06. The molecule has 0 aliphatic carbocycles. The molecule has 20 heavy (non-hydrogen) atoms. The van der Waals surface area contributed by atoms with Gasteiger partial charge < -0.3 is 11.1 Å². The van der Waals surface area contributed by atoms with Crippen molar-refractivity contribution in [1.82, 2.24) is 4.98 Å². The van der Waals surface area contributed by atoms with Crippen LogP contribution < -0.4 is 11.1 Å². The highest BCUT2D eigenvalue weighted by atomic mass is 79.9. The average Bonchev–Trinajstić information content (AvgIpc) is 2.40. The Hall–Kier alpha value is -2.66. The lowest BCUT2D eigenvalue weighted by molar-refractivity contribution is -0.384. The molecule has 3 N–H and O–H groups in total. The fourth-order valence-electron chi connectivity index (χ4n) is 1.53. The number of aromatic nitrogens is 1. The number of nitrogens with zero attached hydrogens (tertiary/aromatic N) is 3. The van der Waals surface area contributed by atoms with Gasteiger partial charge in [0.25, 0.3) is 5.69 Å². The molecule has 100 valence electrons. The molecule has 0 aliphatic heterocycles. The zero-order valence-corrected chi connectivity index (χ0v) is 11.6. The van der Waals surface area contributed by atoms with Crippen LogP contribution in [-0.2, 0) is 0 Å². The van der Waals surface area contributed by atoms with Crippen molar-refractivity contribution in [2.75, 3.05) is 11.1 Å². The minimum absolute atomic E-state index is 0.0477. The molecule has 0 fully saturated rings. The van der Waals surface area contributed by atoms with E-state index in [9.17, 15) is 10.1 Å². The van der Waals surface area contributed by atoms with E-state index < -0.39 is 4.92 Å². The van der Waals surface area contributed by atoms with Gasteiger partial charge in [-0.25, -0.2) is 4.98 Å². The van der Waals surface area contributed by atoms with E-state index in [0.29, 0.717) is 15.7 Å². The fraction of sp³-hybridized carbons (Fsp3) is 0. The van der Waals surface area contributed by atoms with Gasteiger partial charge in [0.05, 0.1) is 34.4 Å². The molecule has 7 nitrogen and oxygen atoms in total. The monoisotopic (exact) mass is 333 g/mol. The minimum atomic E-state index is -0.545. The largest absolute Gasteiger partial charge is 0.383 e. The van der Waals surface area contributed by atoms with Crippen LogP contribution in [-0.4, -0.2) is 9.91 Å². The number of nitro groups is 1. The number of nitrogens with two attached hydrogens (primary N) is 1. The Morgan fingerprint density at radius 3 is 2.75 bits per heavy atom. The van der Waals surface area contributed by atoms with E-state index in [-0.39, 0.29) is 17.3 Å². The molecule has 0 spiro atoms. The van der Waals surface area contributed by atoms with Gasteiger partial charge in [-0.15, -0.1) is 0 Å². The van der Waals surface area contributed by atoms with Gasteiger partial charge in [-0.1, -0.05) is 0 Å². The van der Waals surface area contributed by atoms with Gasteiger partial charge in [-0.2, -0.15) is 5.26 Å². The Morgan fingerprint density at radius 1 is 1.40 bits per heavy atom. The summed E-state index contributed by atoms with van der Waals surface area (Å²) in [7, 11) is 0. The fourth-order valence-corrected chi connectivity index (χ4v) is 2.01. The molecule has 0 atom stereocenters. The number of halogens is 1. The maximum atomic E-state index is 10.8. The molecule has 0 saturated heterocycles. The summed E-state index contributed by atoms with van der Waals surface area (Å²) in [5.74, 6) is 0.300. The normalized spacial score (nSPS) is 9.80. The first-order valence-electron chi connectivity index (χ1n) is 5.38. The Kier molecular flexibility index (Phi) is 3.81. The zero-order chi connectivity index (χ0) is 14.7. The highest BCUT2D eigenvalue weighted by molar-refractivity contribution is 9.10. The number of nitrogens with one attached hydrogen (secondary N) is 1. The lowest BCUT2D eigenvalue weighted by atomic mass is 10.2. The summed E-state index contributed by atoms with van der Waals surface area (Å²) in [6.45, 7) is 0. The quantitative estimate of drug-likeness (QED) is 0.658. The summed E-state index contributed by atoms with van der Waals surface area (Å²) < 4.78 is 0.642. The van der Waals surface area contributed by atoms with Gasteiger partial charge >= 0.3 is 0 Å². The third kappa shape index (κ3) is 3.02. The van der Waals surface area contributed by atoms with Gasteiger partial charge in [0.1, 0.15) is 11.6 Å². The van der Waals surface area contributed by atoms with Crippen LogP contribution in [0.5, 0.6) is 0 Å². The van der Waals surface area contributed by atoms with Gasteiger partial charge in [0.15, 0.2) is 0 Å². The number of rotatable bonds is 3.